The van der Waals surface area contributed by atoms with Crippen molar-refractivity contribution >= 4 is 23.6 Å². The predicted octanol–water partition coefficient (Wildman–Crippen LogP) is 4.44. The van der Waals surface area contributed by atoms with Crippen molar-refractivity contribution in [2.75, 3.05) is 0 Å². The second kappa shape index (κ2) is 9.70. The molecule has 0 aromatic carbocycles. The average Bonchev–Trinajstić information content (AvgIpc) is 3.12. The standard InChI is InChI=1S/C28H41NO6/c1-16(2)25(26(33)34)29-23(31)9-10-24(32)35-22-8-7-20-19-6-5-17-15-18(30)11-13-27(17,3)21(19)12-14-28(20,22)4/h15-16,19-22,25H,5-14H2,1-4H3,(H,29,31)(H,33,34)/t19-,20-,21-,22+,25-,27+,28+/m1/s1. The van der Waals surface area contributed by atoms with Crippen molar-refractivity contribution in [1.29, 1.82) is 0 Å². The Hall–Kier alpha value is -2.18. The zero-order valence-corrected chi connectivity index (χ0v) is 21.6. The molecule has 0 aliphatic heterocycles. The first-order valence-corrected chi connectivity index (χ1v) is 13.4. The zero-order chi connectivity index (χ0) is 25.5. The number of rotatable bonds is 7. The quantitative estimate of drug-likeness (QED) is 0.514. The molecule has 0 spiro atoms. The fraction of sp³-hybridized carbons (Fsp3) is 0.786. The number of aliphatic carboxylic acids is 1. The van der Waals surface area contributed by atoms with E-state index in [0.29, 0.717) is 24.2 Å². The van der Waals surface area contributed by atoms with Crippen LogP contribution in [0.3, 0.4) is 0 Å². The monoisotopic (exact) mass is 487 g/mol. The van der Waals surface area contributed by atoms with Gasteiger partial charge < -0.3 is 15.2 Å². The maximum absolute atomic E-state index is 12.7. The lowest BCUT2D eigenvalue weighted by Gasteiger charge is -2.57. The first-order valence-electron chi connectivity index (χ1n) is 13.4. The van der Waals surface area contributed by atoms with Crippen LogP contribution >= 0.6 is 0 Å². The molecular formula is C28H41NO6. The summed E-state index contributed by atoms with van der Waals surface area (Å²) < 4.78 is 5.97. The van der Waals surface area contributed by atoms with Crippen LogP contribution in [0, 0.1) is 34.5 Å². The Kier molecular flexibility index (Phi) is 7.18. The fourth-order valence-corrected chi connectivity index (χ4v) is 7.90. The van der Waals surface area contributed by atoms with Gasteiger partial charge in [-0.1, -0.05) is 33.3 Å². The van der Waals surface area contributed by atoms with Crippen LogP contribution in [0.4, 0.5) is 0 Å². The third-order valence-electron chi connectivity index (χ3n) is 9.95. The molecule has 4 aliphatic carbocycles. The van der Waals surface area contributed by atoms with Crippen molar-refractivity contribution in [3.05, 3.63) is 11.6 Å². The van der Waals surface area contributed by atoms with E-state index in [0.717, 1.165) is 44.9 Å². The molecular weight excluding hydrogens is 446 g/mol. The summed E-state index contributed by atoms with van der Waals surface area (Å²) in [5.74, 6) is -0.146. The SMILES string of the molecule is CC(C)[C@@H](NC(=O)CCC(=O)O[C@H]1CC[C@@H]2[C@H]3CCC4=CC(=O)CC[C@]4(C)[C@@H]3CC[C@]12C)C(=O)O. The van der Waals surface area contributed by atoms with Crippen LogP contribution < -0.4 is 5.32 Å². The van der Waals surface area contributed by atoms with Crippen molar-refractivity contribution in [2.45, 2.75) is 104 Å². The minimum absolute atomic E-state index is 0.0418. The molecule has 2 N–H and O–H groups in total. The molecule has 4 aliphatic rings. The summed E-state index contributed by atoms with van der Waals surface area (Å²) in [6.45, 7) is 8.12. The summed E-state index contributed by atoms with van der Waals surface area (Å²) >= 11 is 0. The number of esters is 1. The zero-order valence-electron chi connectivity index (χ0n) is 21.6. The van der Waals surface area contributed by atoms with Gasteiger partial charge in [-0.3, -0.25) is 14.4 Å². The fourth-order valence-electron chi connectivity index (χ4n) is 7.90. The number of hydrogen-bond acceptors (Lipinski definition) is 5. The molecule has 7 atom stereocenters. The summed E-state index contributed by atoms with van der Waals surface area (Å²) in [4.78, 5) is 48.2. The number of amides is 1. The Morgan fingerprint density at radius 3 is 2.49 bits per heavy atom. The molecule has 7 heteroatoms. The van der Waals surface area contributed by atoms with Crippen LogP contribution in [0.25, 0.3) is 0 Å². The number of nitrogens with one attached hydrogen (secondary N) is 1. The van der Waals surface area contributed by atoms with Gasteiger partial charge in [0.25, 0.3) is 0 Å². The minimum Gasteiger partial charge on any atom is -0.480 e. The number of carboxylic acids is 1. The highest BCUT2D eigenvalue weighted by Crippen LogP contribution is 2.65. The third kappa shape index (κ3) is 4.79. The number of hydrogen-bond donors (Lipinski definition) is 2. The van der Waals surface area contributed by atoms with E-state index in [-0.39, 0.29) is 47.4 Å². The van der Waals surface area contributed by atoms with E-state index in [1.165, 1.54) is 5.57 Å². The van der Waals surface area contributed by atoms with Gasteiger partial charge in [-0.2, -0.15) is 0 Å². The number of carboxylic acid groups (broad SMARTS) is 1. The topological polar surface area (TPSA) is 110 Å². The highest BCUT2D eigenvalue weighted by molar-refractivity contribution is 5.91. The molecule has 0 bridgehead atoms. The van der Waals surface area contributed by atoms with Crippen LogP contribution in [0.5, 0.6) is 0 Å². The second-order valence-electron chi connectivity index (χ2n) is 12.2. The number of allylic oxidation sites excluding steroid dienone is 1. The molecule has 0 heterocycles. The van der Waals surface area contributed by atoms with Crippen molar-refractivity contribution in [2.24, 2.45) is 34.5 Å². The van der Waals surface area contributed by atoms with Gasteiger partial charge in [0.2, 0.25) is 5.91 Å². The van der Waals surface area contributed by atoms with Gasteiger partial charge in [0.1, 0.15) is 12.1 Å². The molecule has 0 radical (unpaired) electrons. The van der Waals surface area contributed by atoms with Crippen LogP contribution in [0.1, 0.15) is 91.9 Å². The Morgan fingerprint density at radius 1 is 1.06 bits per heavy atom. The van der Waals surface area contributed by atoms with Gasteiger partial charge in [-0.05, 0) is 80.1 Å². The molecule has 4 rings (SSSR count). The first kappa shape index (κ1) is 25.9. The molecule has 1 amide bonds. The highest BCUT2D eigenvalue weighted by Gasteiger charge is 2.59. The van der Waals surface area contributed by atoms with Crippen LogP contribution in [-0.4, -0.2) is 40.9 Å². The van der Waals surface area contributed by atoms with E-state index in [2.05, 4.69) is 19.2 Å². The average molecular weight is 488 g/mol. The maximum atomic E-state index is 12.7. The van der Waals surface area contributed by atoms with E-state index in [9.17, 15) is 24.3 Å². The van der Waals surface area contributed by atoms with Crippen molar-refractivity contribution < 1.29 is 29.0 Å². The summed E-state index contributed by atoms with van der Waals surface area (Å²) in [5.41, 5.74) is 1.44. The molecule has 7 nitrogen and oxygen atoms in total. The van der Waals surface area contributed by atoms with Crippen LogP contribution in [0.15, 0.2) is 11.6 Å². The molecule has 0 unspecified atom stereocenters. The summed E-state index contributed by atoms with van der Waals surface area (Å²) in [6, 6.07) is -0.960. The Morgan fingerprint density at radius 2 is 1.80 bits per heavy atom. The minimum atomic E-state index is -1.07. The van der Waals surface area contributed by atoms with Gasteiger partial charge in [-0.15, -0.1) is 0 Å². The second-order valence-corrected chi connectivity index (χ2v) is 12.2. The van der Waals surface area contributed by atoms with Crippen molar-refractivity contribution in [1.82, 2.24) is 5.32 Å². The van der Waals surface area contributed by atoms with E-state index in [1.54, 1.807) is 13.8 Å². The Labute approximate surface area is 208 Å². The number of ether oxygens (including phenoxy) is 1. The highest BCUT2D eigenvalue weighted by atomic mass is 16.5. The molecule has 0 aromatic heterocycles. The number of fused-ring (bicyclic) bond motifs is 5. The van der Waals surface area contributed by atoms with Crippen molar-refractivity contribution in [3.8, 4) is 0 Å². The van der Waals surface area contributed by atoms with Gasteiger partial charge in [-0.25, -0.2) is 4.79 Å². The molecule has 3 fully saturated rings. The van der Waals surface area contributed by atoms with Gasteiger partial charge in [0.05, 0.1) is 6.42 Å². The lowest BCUT2D eigenvalue weighted by Crippen LogP contribution is -2.51. The van der Waals surface area contributed by atoms with E-state index in [4.69, 9.17) is 4.74 Å². The number of carbonyl (C=O) groups is 4. The lowest BCUT2D eigenvalue weighted by atomic mass is 9.47. The lowest BCUT2D eigenvalue weighted by molar-refractivity contribution is -0.160. The predicted molar refractivity (Wildman–Crippen MR) is 130 cm³/mol. The summed E-state index contributed by atoms with van der Waals surface area (Å²) in [5, 5.41) is 11.8. The van der Waals surface area contributed by atoms with Crippen LogP contribution in [0.2, 0.25) is 0 Å². The smallest absolute Gasteiger partial charge is 0.326 e. The van der Waals surface area contributed by atoms with Crippen molar-refractivity contribution in [3.63, 3.8) is 0 Å². The van der Waals surface area contributed by atoms with Crippen LogP contribution in [-0.2, 0) is 23.9 Å². The van der Waals surface area contributed by atoms with E-state index >= 15 is 0 Å². The van der Waals surface area contributed by atoms with Gasteiger partial charge in [0, 0.05) is 18.3 Å². The molecule has 3 saturated carbocycles. The molecule has 0 saturated heterocycles. The number of ketones is 1. The third-order valence-corrected chi connectivity index (χ3v) is 9.95. The largest absolute Gasteiger partial charge is 0.480 e. The summed E-state index contributed by atoms with van der Waals surface area (Å²) in [6.07, 6.45) is 9.44. The summed E-state index contributed by atoms with van der Waals surface area (Å²) in [7, 11) is 0. The van der Waals surface area contributed by atoms with Gasteiger partial charge >= 0.3 is 11.9 Å². The molecule has 194 valence electrons. The molecule has 35 heavy (non-hydrogen) atoms. The Bertz CT molecular complexity index is 924. The van der Waals surface area contributed by atoms with Gasteiger partial charge in [0.15, 0.2) is 5.78 Å². The Balaban J connectivity index is 1.35. The first-order chi connectivity index (χ1) is 16.5. The van der Waals surface area contributed by atoms with E-state index < -0.39 is 17.9 Å². The normalized spacial score (nSPS) is 36.9. The number of carbonyl (C=O) groups excluding carboxylic acids is 3. The molecule has 0 aromatic rings. The van der Waals surface area contributed by atoms with E-state index in [1.807, 2.05) is 6.08 Å². The maximum Gasteiger partial charge on any atom is 0.326 e.